The van der Waals surface area contributed by atoms with Crippen molar-refractivity contribution in [3.8, 4) is 0 Å². The quantitative estimate of drug-likeness (QED) is 0.146. The van der Waals surface area contributed by atoms with Crippen LogP contribution in [-0.4, -0.2) is 34.0 Å². The van der Waals surface area contributed by atoms with E-state index in [0.717, 1.165) is 0 Å². The summed E-state index contributed by atoms with van der Waals surface area (Å²) in [4.78, 5) is 31.1. The number of carbonyl (C=O) groups is 2. The third-order valence-corrected chi connectivity index (χ3v) is 1.33. The van der Waals surface area contributed by atoms with Crippen LogP contribution in [-0.2, 0) is 4.79 Å². The zero-order valence-corrected chi connectivity index (χ0v) is 6.71. The molecule has 0 bridgehead atoms. The Kier molecular flexibility index (Phi) is 2.19. The first-order chi connectivity index (χ1) is 6.43. The minimum atomic E-state index is -1.91. The maximum atomic E-state index is 10.9. The van der Waals surface area contributed by atoms with Gasteiger partial charge in [0.15, 0.2) is 0 Å². The Morgan fingerprint density at radius 3 is 2.57 bits per heavy atom. The highest BCUT2D eigenvalue weighted by atomic mass is 16.6. The fourth-order valence-electron chi connectivity index (χ4n) is 0.859. The standard InChI is InChI=1S/C4H6N6O4/c5-3(6)8-9-2(10(13)14)1(11)7-4(9)12/h2H,(H4,5,6,8)(H,7,11,12). The molecule has 1 saturated heterocycles. The average molecular weight is 202 g/mol. The van der Waals surface area contributed by atoms with Gasteiger partial charge in [-0.2, -0.15) is 0 Å². The number of hydrazone groups is 1. The summed E-state index contributed by atoms with van der Waals surface area (Å²) in [6.07, 6.45) is -1.91. The minimum absolute atomic E-state index is 0.275. The summed E-state index contributed by atoms with van der Waals surface area (Å²) >= 11 is 0. The maximum Gasteiger partial charge on any atom is 0.387 e. The molecule has 1 atom stereocenters. The summed E-state index contributed by atoms with van der Waals surface area (Å²) in [5.74, 6) is -1.63. The van der Waals surface area contributed by atoms with E-state index < -0.39 is 29.0 Å². The number of rotatable bonds is 2. The van der Waals surface area contributed by atoms with Crippen molar-refractivity contribution in [2.24, 2.45) is 16.6 Å². The third-order valence-electron chi connectivity index (χ3n) is 1.33. The molecule has 14 heavy (non-hydrogen) atoms. The monoisotopic (exact) mass is 202 g/mol. The molecule has 3 amide bonds. The number of nitrogens with zero attached hydrogens (tertiary/aromatic N) is 3. The Balaban J connectivity index is 3.01. The summed E-state index contributed by atoms with van der Waals surface area (Å²) in [5.41, 5.74) is 9.83. The van der Waals surface area contributed by atoms with Crippen molar-refractivity contribution in [2.45, 2.75) is 6.17 Å². The number of nitrogens with two attached hydrogens (primary N) is 2. The molecule has 1 heterocycles. The number of guanidine groups is 1. The van der Waals surface area contributed by atoms with Gasteiger partial charge in [0.2, 0.25) is 5.96 Å². The highest BCUT2D eigenvalue weighted by molar-refractivity contribution is 6.03. The van der Waals surface area contributed by atoms with Crippen LogP contribution in [0.1, 0.15) is 0 Å². The predicted molar refractivity (Wildman–Crippen MR) is 42.0 cm³/mol. The van der Waals surface area contributed by atoms with Crippen LogP contribution >= 0.6 is 0 Å². The Bertz CT molecular complexity index is 333. The molecule has 0 aromatic heterocycles. The van der Waals surface area contributed by atoms with Gasteiger partial charge in [-0.25, -0.2) is 4.79 Å². The topological polar surface area (TPSA) is 157 Å². The lowest BCUT2D eigenvalue weighted by Gasteiger charge is -2.08. The van der Waals surface area contributed by atoms with Crippen LogP contribution in [0.25, 0.3) is 0 Å². The minimum Gasteiger partial charge on any atom is -0.369 e. The highest BCUT2D eigenvalue weighted by Crippen LogP contribution is 2.08. The van der Waals surface area contributed by atoms with Gasteiger partial charge in [0.05, 0.1) is 4.92 Å². The summed E-state index contributed by atoms with van der Waals surface area (Å²) in [5, 5.41) is 15.5. The third kappa shape index (κ3) is 1.53. The first-order valence-electron chi connectivity index (χ1n) is 3.30. The number of hydrogen-bond acceptors (Lipinski definition) is 5. The Labute approximate surface area is 76.7 Å². The number of hydrogen-bond donors (Lipinski definition) is 3. The van der Waals surface area contributed by atoms with E-state index >= 15 is 0 Å². The number of urea groups is 1. The van der Waals surface area contributed by atoms with Gasteiger partial charge in [-0.05, 0) is 0 Å². The number of carbonyl (C=O) groups excluding carboxylic acids is 2. The van der Waals surface area contributed by atoms with Crippen molar-refractivity contribution >= 4 is 17.9 Å². The Hall–Kier alpha value is -2.39. The predicted octanol–water partition coefficient (Wildman–Crippen LogP) is -2.67. The lowest BCUT2D eigenvalue weighted by atomic mass is 10.5. The van der Waals surface area contributed by atoms with Crippen molar-refractivity contribution in [3.63, 3.8) is 0 Å². The van der Waals surface area contributed by atoms with E-state index in [2.05, 4.69) is 5.10 Å². The number of amides is 3. The van der Waals surface area contributed by atoms with Crippen LogP contribution < -0.4 is 16.8 Å². The van der Waals surface area contributed by atoms with E-state index in [1.54, 1.807) is 5.32 Å². The van der Waals surface area contributed by atoms with E-state index in [4.69, 9.17) is 11.5 Å². The second-order valence-electron chi connectivity index (χ2n) is 2.32. The van der Waals surface area contributed by atoms with E-state index in [0.29, 0.717) is 0 Å². The molecule has 10 nitrogen and oxygen atoms in total. The Morgan fingerprint density at radius 1 is 1.57 bits per heavy atom. The molecule has 1 unspecified atom stereocenters. The van der Waals surface area contributed by atoms with Gasteiger partial charge in [0.1, 0.15) is 0 Å². The number of nitro groups is 1. The average Bonchev–Trinajstić information content (AvgIpc) is 2.25. The molecule has 0 saturated carbocycles. The molecule has 5 N–H and O–H groups in total. The van der Waals surface area contributed by atoms with Crippen molar-refractivity contribution < 1.29 is 14.5 Å². The van der Waals surface area contributed by atoms with Crippen LogP contribution in [0.5, 0.6) is 0 Å². The van der Waals surface area contributed by atoms with E-state index in [1.165, 1.54) is 0 Å². The number of imide groups is 1. The van der Waals surface area contributed by atoms with Gasteiger partial charge >= 0.3 is 18.1 Å². The lowest BCUT2D eigenvalue weighted by molar-refractivity contribution is -0.527. The summed E-state index contributed by atoms with van der Waals surface area (Å²) in [7, 11) is 0. The summed E-state index contributed by atoms with van der Waals surface area (Å²) in [6, 6.07) is -1.04. The molecule has 76 valence electrons. The van der Waals surface area contributed by atoms with Crippen LogP contribution in [0.2, 0.25) is 0 Å². The lowest BCUT2D eigenvalue weighted by Crippen LogP contribution is -2.40. The molecule has 1 aliphatic rings. The van der Waals surface area contributed by atoms with E-state index in [-0.39, 0.29) is 5.01 Å². The smallest absolute Gasteiger partial charge is 0.369 e. The Morgan fingerprint density at radius 2 is 2.14 bits per heavy atom. The zero-order chi connectivity index (χ0) is 10.9. The molecule has 0 aliphatic carbocycles. The molecular formula is C4H6N6O4. The van der Waals surface area contributed by atoms with E-state index in [1.807, 2.05) is 0 Å². The molecule has 0 spiro atoms. The number of nitrogens with one attached hydrogen (secondary N) is 1. The fraction of sp³-hybridized carbons (Fsp3) is 0.250. The van der Waals surface area contributed by atoms with Gasteiger partial charge in [-0.15, -0.1) is 10.1 Å². The largest absolute Gasteiger partial charge is 0.387 e. The first-order valence-corrected chi connectivity index (χ1v) is 3.30. The molecule has 1 aliphatic heterocycles. The molecule has 0 aromatic carbocycles. The zero-order valence-electron chi connectivity index (χ0n) is 6.71. The molecule has 10 heteroatoms. The molecule has 0 radical (unpaired) electrons. The van der Waals surface area contributed by atoms with Crippen molar-refractivity contribution in [2.75, 3.05) is 0 Å². The normalized spacial score (nSPS) is 20.6. The van der Waals surface area contributed by atoms with Gasteiger partial charge < -0.3 is 11.5 Å². The maximum absolute atomic E-state index is 10.9. The van der Waals surface area contributed by atoms with Crippen LogP contribution in [0.3, 0.4) is 0 Å². The highest BCUT2D eigenvalue weighted by Gasteiger charge is 2.48. The van der Waals surface area contributed by atoms with Crippen LogP contribution in [0.4, 0.5) is 4.79 Å². The first kappa shape index (κ1) is 9.70. The summed E-state index contributed by atoms with van der Waals surface area (Å²) in [6.45, 7) is 0. The molecular weight excluding hydrogens is 196 g/mol. The van der Waals surface area contributed by atoms with Crippen molar-refractivity contribution in [1.29, 1.82) is 0 Å². The second kappa shape index (κ2) is 3.16. The van der Waals surface area contributed by atoms with Gasteiger partial charge in [0, 0.05) is 0 Å². The van der Waals surface area contributed by atoms with Gasteiger partial charge in [-0.1, -0.05) is 0 Å². The molecule has 0 aromatic rings. The fourth-order valence-corrected chi connectivity index (χ4v) is 0.859. The van der Waals surface area contributed by atoms with Gasteiger partial charge in [-0.3, -0.25) is 20.2 Å². The SMILES string of the molecule is NC(N)=NN1C(=O)NC(=O)C1[N+](=O)[O-]. The van der Waals surface area contributed by atoms with Gasteiger partial charge in [0.25, 0.3) is 0 Å². The molecule has 1 rings (SSSR count). The van der Waals surface area contributed by atoms with Crippen LogP contribution in [0.15, 0.2) is 5.10 Å². The van der Waals surface area contributed by atoms with Crippen molar-refractivity contribution in [1.82, 2.24) is 10.3 Å². The van der Waals surface area contributed by atoms with E-state index in [9.17, 15) is 19.7 Å². The van der Waals surface area contributed by atoms with Crippen LogP contribution in [0, 0.1) is 10.1 Å². The van der Waals surface area contributed by atoms with Crippen molar-refractivity contribution in [3.05, 3.63) is 10.1 Å². The summed E-state index contributed by atoms with van der Waals surface area (Å²) < 4.78 is 0. The molecule has 1 fully saturated rings. The second-order valence-corrected chi connectivity index (χ2v) is 2.32.